The van der Waals surface area contributed by atoms with E-state index in [0.717, 1.165) is 37.2 Å². The summed E-state index contributed by atoms with van der Waals surface area (Å²) in [6, 6.07) is 12.9. The predicted octanol–water partition coefficient (Wildman–Crippen LogP) is 4.15. The van der Waals surface area contributed by atoms with E-state index in [-0.39, 0.29) is 0 Å². The lowest BCUT2D eigenvalue weighted by molar-refractivity contribution is 0.402. The van der Waals surface area contributed by atoms with Crippen LogP contribution in [-0.2, 0) is 6.42 Å². The fraction of sp³-hybridized carbons (Fsp3) is 0.500. The summed E-state index contributed by atoms with van der Waals surface area (Å²) in [6.07, 6.45) is 7.71. The van der Waals surface area contributed by atoms with Crippen molar-refractivity contribution in [2.75, 3.05) is 29.9 Å². The summed E-state index contributed by atoms with van der Waals surface area (Å²) in [5.74, 6) is 2.79. The Morgan fingerprint density at radius 2 is 1.92 bits per heavy atom. The number of hydrogen-bond acceptors (Lipinski definition) is 4. The fourth-order valence-corrected chi connectivity index (χ4v) is 3.32. The molecule has 0 atom stereocenters. The van der Waals surface area contributed by atoms with Crippen LogP contribution in [0, 0.1) is 5.92 Å². The topological polar surface area (TPSA) is 41.0 Å². The molecule has 128 valence electrons. The zero-order valence-corrected chi connectivity index (χ0v) is 14.6. The number of rotatable bonds is 7. The highest BCUT2D eigenvalue weighted by Crippen LogP contribution is 2.25. The second kappa shape index (κ2) is 8.67. The number of piperidine rings is 1. The van der Waals surface area contributed by atoms with Gasteiger partial charge in [-0.25, -0.2) is 9.97 Å². The van der Waals surface area contributed by atoms with Crippen LogP contribution in [0.4, 0.5) is 11.6 Å². The van der Waals surface area contributed by atoms with E-state index in [4.69, 9.17) is 0 Å². The second-order valence-electron chi connectivity index (χ2n) is 6.66. The molecule has 0 bridgehead atoms. The molecular weight excluding hydrogens is 296 g/mol. The van der Waals surface area contributed by atoms with Crippen LogP contribution in [0.5, 0.6) is 0 Å². The van der Waals surface area contributed by atoms with Crippen LogP contribution >= 0.6 is 0 Å². The Labute approximate surface area is 145 Å². The van der Waals surface area contributed by atoms with Gasteiger partial charge in [0.2, 0.25) is 0 Å². The minimum Gasteiger partial charge on any atom is -0.370 e. The summed E-state index contributed by atoms with van der Waals surface area (Å²) >= 11 is 0. The molecule has 3 rings (SSSR count). The second-order valence-corrected chi connectivity index (χ2v) is 6.66. The first-order valence-corrected chi connectivity index (χ1v) is 9.20. The van der Waals surface area contributed by atoms with Gasteiger partial charge in [-0.15, -0.1) is 0 Å². The zero-order valence-electron chi connectivity index (χ0n) is 14.6. The molecule has 2 aromatic rings. The first-order valence-electron chi connectivity index (χ1n) is 9.20. The Hall–Kier alpha value is -2.10. The van der Waals surface area contributed by atoms with Gasteiger partial charge in [-0.2, -0.15) is 0 Å². The van der Waals surface area contributed by atoms with Crippen LogP contribution in [0.25, 0.3) is 0 Å². The number of nitrogens with zero attached hydrogens (tertiary/aromatic N) is 3. The molecule has 4 nitrogen and oxygen atoms in total. The molecule has 4 heteroatoms. The Bertz CT molecular complexity index is 606. The van der Waals surface area contributed by atoms with Crippen molar-refractivity contribution in [3.05, 3.63) is 48.3 Å². The predicted molar refractivity (Wildman–Crippen MR) is 101 cm³/mol. The van der Waals surface area contributed by atoms with Crippen molar-refractivity contribution < 1.29 is 0 Å². The maximum absolute atomic E-state index is 4.48. The van der Waals surface area contributed by atoms with E-state index in [1.165, 1.54) is 37.7 Å². The molecule has 1 saturated heterocycles. The van der Waals surface area contributed by atoms with E-state index >= 15 is 0 Å². The maximum Gasteiger partial charge on any atom is 0.134 e. The average molecular weight is 324 g/mol. The molecule has 0 saturated carbocycles. The lowest BCUT2D eigenvalue weighted by Crippen LogP contribution is -2.34. The Morgan fingerprint density at radius 1 is 1.12 bits per heavy atom. The average Bonchev–Trinajstić information content (AvgIpc) is 2.64. The van der Waals surface area contributed by atoms with Crippen molar-refractivity contribution in [1.29, 1.82) is 0 Å². The number of anilines is 2. The van der Waals surface area contributed by atoms with Gasteiger partial charge >= 0.3 is 0 Å². The number of aromatic nitrogens is 2. The van der Waals surface area contributed by atoms with Crippen molar-refractivity contribution >= 4 is 11.6 Å². The summed E-state index contributed by atoms with van der Waals surface area (Å²) in [4.78, 5) is 11.2. The highest BCUT2D eigenvalue weighted by Gasteiger charge is 2.20. The molecular formula is C20H28N4. The molecule has 1 N–H and O–H groups in total. The van der Waals surface area contributed by atoms with E-state index in [9.17, 15) is 0 Å². The van der Waals surface area contributed by atoms with Gasteiger partial charge in [0.15, 0.2) is 0 Å². The van der Waals surface area contributed by atoms with Crippen molar-refractivity contribution in [3.8, 4) is 0 Å². The fourth-order valence-electron chi connectivity index (χ4n) is 3.32. The Morgan fingerprint density at radius 3 is 2.67 bits per heavy atom. The number of benzene rings is 1. The molecule has 1 aromatic heterocycles. The van der Waals surface area contributed by atoms with E-state index < -0.39 is 0 Å². The molecule has 0 amide bonds. The Balaban J connectivity index is 1.52. The van der Waals surface area contributed by atoms with Crippen molar-refractivity contribution in [2.45, 2.75) is 39.0 Å². The van der Waals surface area contributed by atoms with Crippen molar-refractivity contribution in [2.24, 2.45) is 5.92 Å². The summed E-state index contributed by atoms with van der Waals surface area (Å²) in [6.45, 7) is 5.35. The molecule has 24 heavy (non-hydrogen) atoms. The normalized spacial score (nSPS) is 15.5. The highest BCUT2D eigenvalue weighted by molar-refractivity contribution is 5.48. The van der Waals surface area contributed by atoms with E-state index in [1.807, 2.05) is 0 Å². The summed E-state index contributed by atoms with van der Waals surface area (Å²) in [5.41, 5.74) is 1.46. The first-order chi connectivity index (χ1) is 11.8. The van der Waals surface area contributed by atoms with Gasteiger partial charge in [0.25, 0.3) is 0 Å². The third-order valence-electron chi connectivity index (χ3n) is 4.79. The lowest BCUT2D eigenvalue weighted by atomic mass is 9.90. The third-order valence-corrected chi connectivity index (χ3v) is 4.79. The van der Waals surface area contributed by atoms with Gasteiger partial charge in [0.05, 0.1) is 0 Å². The molecule has 1 aliphatic heterocycles. The van der Waals surface area contributed by atoms with E-state index in [1.54, 1.807) is 6.33 Å². The van der Waals surface area contributed by atoms with Crippen LogP contribution in [0.2, 0.25) is 0 Å². The molecule has 1 fully saturated rings. The van der Waals surface area contributed by atoms with Crippen LogP contribution in [0.15, 0.2) is 42.7 Å². The van der Waals surface area contributed by atoms with Gasteiger partial charge in [-0.3, -0.25) is 0 Å². The van der Waals surface area contributed by atoms with Crippen LogP contribution in [-0.4, -0.2) is 29.6 Å². The van der Waals surface area contributed by atoms with Crippen LogP contribution in [0.3, 0.4) is 0 Å². The van der Waals surface area contributed by atoms with Gasteiger partial charge < -0.3 is 10.2 Å². The van der Waals surface area contributed by atoms with E-state index in [2.05, 4.69) is 63.5 Å². The molecule has 0 unspecified atom stereocenters. The third kappa shape index (κ3) is 4.70. The molecule has 0 aliphatic carbocycles. The van der Waals surface area contributed by atoms with Crippen molar-refractivity contribution in [3.63, 3.8) is 0 Å². The molecule has 1 aromatic carbocycles. The standard InChI is InChI=1S/C20H28N4/c1-2-3-11-21-19-15-20(23-16-22-19)24-12-9-18(10-13-24)14-17-7-5-4-6-8-17/h4-8,15-16,18H,2-3,9-14H2,1H3,(H,21,22,23). The number of nitrogens with one attached hydrogen (secondary N) is 1. The summed E-state index contributed by atoms with van der Waals surface area (Å²) < 4.78 is 0. The lowest BCUT2D eigenvalue weighted by Gasteiger charge is -2.33. The SMILES string of the molecule is CCCCNc1cc(N2CCC(Cc3ccccc3)CC2)ncn1. The monoisotopic (exact) mass is 324 g/mol. The minimum atomic E-state index is 0.785. The molecule has 1 aliphatic rings. The Kier molecular flexibility index (Phi) is 6.05. The van der Waals surface area contributed by atoms with Gasteiger partial charge in [-0.1, -0.05) is 43.7 Å². The first kappa shape index (κ1) is 16.7. The quantitative estimate of drug-likeness (QED) is 0.777. The largest absolute Gasteiger partial charge is 0.370 e. The van der Waals surface area contributed by atoms with Crippen LogP contribution in [0.1, 0.15) is 38.2 Å². The zero-order chi connectivity index (χ0) is 16.6. The molecule has 0 radical (unpaired) electrons. The maximum atomic E-state index is 4.48. The molecule has 2 heterocycles. The minimum absolute atomic E-state index is 0.785. The van der Waals surface area contributed by atoms with Gasteiger partial charge in [-0.05, 0) is 37.2 Å². The van der Waals surface area contributed by atoms with Crippen molar-refractivity contribution in [1.82, 2.24) is 9.97 Å². The van der Waals surface area contributed by atoms with E-state index in [0.29, 0.717) is 0 Å². The van der Waals surface area contributed by atoms with Gasteiger partial charge in [0.1, 0.15) is 18.0 Å². The smallest absolute Gasteiger partial charge is 0.134 e. The van der Waals surface area contributed by atoms with Gasteiger partial charge in [0, 0.05) is 25.7 Å². The van der Waals surface area contributed by atoms with Crippen LogP contribution < -0.4 is 10.2 Å². The summed E-state index contributed by atoms with van der Waals surface area (Å²) in [5, 5.41) is 3.39. The molecule has 0 spiro atoms. The number of hydrogen-bond donors (Lipinski definition) is 1. The highest BCUT2D eigenvalue weighted by atomic mass is 15.2. The number of unbranched alkanes of at least 4 members (excludes halogenated alkanes) is 1. The summed E-state index contributed by atoms with van der Waals surface area (Å²) in [7, 11) is 0.